The fourth-order valence-corrected chi connectivity index (χ4v) is 2.57. The smallest absolute Gasteiger partial charge is 0.189 e. The molecular formula is C21H19NO2. The van der Waals surface area contributed by atoms with Gasteiger partial charge in [-0.1, -0.05) is 60.7 Å². The number of carbonyl (C=O) groups excluding carboxylic acids is 1. The summed E-state index contributed by atoms with van der Waals surface area (Å²) < 4.78 is 5.18. The summed E-state index contributed by atoms with van der Waals surface area (Å²) in [5.41, 5.74) is 2.49. The number of anilines is 1. The van der Waals surface area contributed by atoms with Crippen LogP contribution < -0.4 is 10.1 Å². The molecule has 0 radical (unpaired) electrons. The Morgan fingerprint density at radius 2 is 1.42 bits per heavy atom. The van der Waals surface area contributed by atoms with Crippen molar-refractivity contribution in [3.8, 4) is 5.75 Å². The minimum atomic E-state index is -0.443. The van der Waals surface area contributed by atoms with E-state index >= 15 is 0 Å². The monoisotopic (exact) mass is 317 g/mol. The van der Waals surface area contributed by atoms with Crippen LogP contribution in [-0.4, -0.2) is 12.9 Å². The molecule has 0 aromatic heterocycles. The van der Waals surface area contributed by atoms with Crippen molar-refractivity contribution in [2.75, 3.05) is 12.4 Å². The summed E-state index contributed by atoms with van der Waals surface area (Å²) in [7, 11) is 1.63. The molecule has 0 aliphatic heterocycles. The van der Waals surface area contributed by atoms with Gasteiger partial charge < -0.3 is 10.1 Å². The van der Waals surface area contributed by atoms with E-state index in [1.54, 1.807) is 7.11 Å². The maximum absolute atomic E-state index is 13.0. The van der Waals surface area contributed by atoms with E-state index in [0.29, 0.717) is 5.56 Å². The van der Waals surface area contributed by atoms with Gasteiger partial charge in [0.2, 0.25) is 0 Å². The molecule has 3 heteroatoms. The second-order valence-electron chi connectivity index (χ2n) is 5.45. The average Bonchev–Trinajstić information content (AvgIpc) is 2.67. The Labute approximate surface area is 141 Å². The van der Waals surface area contributed by atoms with Crippen molar-refractivity contribution in [1.82, 2.24) is 0 Å². The first kappa shape index (κ1) is 15.8. The molecule has 0 aliphatic rings. The zero-order valence-corrected chi connectivity index (χ0v) is 13.5. The van der Waals surface area contributed by atoms with Gasteiger partial charge in [0.25, 0.3) is 0 Å². The predicted molar refractivity (Wildman–Crippen MR) is 96.6 cm³/mol. The number of carbonyl (C=O) groups is 1. The van der Waals surface area contributed by atoms with Gasteiger partial charge in [-0.25, -0.2) is 0 Å². The average molecular weight is 317 g/mol. The van der Waals surface area contributed by atoms with Gasteiger partial charge in [-0.05, 0) is 29.8 Å². The van der Waals surface area contributed by atoms with Crippen molar-refractivity contribution in [3.63, 3.8) is 0 Å². The van der Waals surface area contributed by atoms with E-state index < -0.39 is 6.04 Å². The number of rotatable bonds is 6. The minimum Gasteiger partial charge on any atom is -0.497 e. The summed E-state index contributed by atoms with van der Waals surface area (Å²) in [6.07, 6.45) is 0. The van der Waals surface area contributed by atoms with Gasteiger partial charge >= 0.3 is 0 Å². The van der Waals surface area contributed by atoms with Crippen molar-refractivity contribution in [2.24, 2.45) is 0 Å². The third-order valence-electron chi connectivity index (χ3n) is 3.85. The van der Waals surface area contributed by atoms with Crippen LogP contribution in [0.25, 0.3) is 0 Å². The van der Waals surface area contributed by atoms with E-state index in [1.807, 2.05) is 84.9 Å². The Bertz CT molecular complexity index is 783. The summed E-state index contributed by atoms with van der Waals surface area (Å²) in [6.45, 7) is 0. The number of hydrogen-bond acceptors (Lipinski definition) is 3. The highest BCUT2D eigenvalue weighted by Crippen LogP contribution is 2.25. The molecule has 0 saturated heterocycles. The topological polar surface area (TPSA) is 38.3 Å². The van der Waals surface area contributed by atoms with Crippen LogP contribution in [0.2, 0.25) is 0 Å². The second kappa shape index (κ2) is 7.47. The van der Waals surface area contributed by atoms with Gasteiger partial charge in [0, 0.05) is 11.3 Å². The van der Waals surface area contributed by atoms with Crippen LogP contribution in [0.15, 0.2) is 84.9 Å². The molecule has 1 atom stereocenters. The normalized spacial score (nSPS) is 11.5. The Kier molecular flexibility index (Phi) is 4.92. The van der Waals surface area contributed by atoms with Gasteiger partial charge in [0.1, 0.15) is 11.8 Å². The predicted octanol–water partition coefficient (Wildman–Crippen LogP) is 4.73. The van der Waals surface area contributed by atoms with Gasteiger partial charge in [-0.2, -0.15) is 0 Å². The molecule has 0 bridgehead atoms. The number of benzene rings is 3. The van der Waals surface area contributed by atoms with E-state index in [9.17, 15) is 4.79 Å². The van der Waals surface area contributed by atoms with Crippen LogP contribution in [-0.2, 0) is 0 Å². The van der Waals surface area contributed by atoms with Crippen LogP contribution in [0.1, 0.15) is 22.0 Å². The standard InChI is InChI=1S/C21H19NO2/c1-24-19-14-12-18(13-15-19)22-20(16-8-4-2-5-9-16)21(23)17-10-6-3-7-11-17/h2-15,20,22H,1H3. The zero-order valence-electron chi connectivity index (χ0n) is 13.5. The van der Waals surface area contributed by atoms with Gasteiger partial charge in [-0.15, -0.1) is 0 Å². The van der Waals surface area contributed by atoms with Crippen molar-refractivity contribution < 1.29 is 9.53 Å². The maximum Gasteiger partial charge on any atom is 0.189 e. The Morgan fingerprint density at radius 1 is 0.833 bits per heavy atom. The molecule has 1 N–H and O–H groups in total. The van der Waals surface area contributed by atoms with E-state index in [2.05, 4.69) is 5.32 Å². The van der Waals surface area contributed by atoms with Crippen LogP contribution in [0.5, 0.6) is 5.75 Å². The van der Waals surface area contributed by atoms with E-state index in [0.717, 1.165) is 17.0 Å². The van der Waals surface area contributed by atoms with Crippen LogP contribution in [0.4, 0.5) is 5.69 Å². The molecule has 3 aromatic carbocycles. The summed E-state index contributed by atoms with van der Waals surface area (Å²) >= 11 is 0. The lowest BCUT2D eigenvalue weighted by molar-refractivity contribution is 0.0969. The van der Waals surface area contributed by atoms with Crippen molar-refractivity contribution in [3.05, 3.63) is 96.1 Å². The SMILES string of the molecule is COc1ccc(NC(C(=O)c2ccccc2)c2ccccc2)cc1. The highest BCUT2D eigenvalue weighted by atomic mass is 16.5. The first-order valence-electron chi connectivity index (χ1n) is 7.83. The molecular weight excluding hydrogens is 298 g/mol. The summed E-state index contributed by atoms with van der Waals surface area (Å²) in [5.74, 6) is 0.823. The van der Waals surface area contributed by atoms with Crippen molar-refractivity contribution in [2.45, 2.75) is 6.04 Å². The number of hydrogen-bond donors (Lipinski definition) is 1. The molecule has 0 heterocycles. The number of methoxy groups -OCH3 is 1. The van der Waals surface area contributed by atoms with Gasteiger partial charge in [-0.3, -0.25) is 4.79 Å². The number of ketones is 1. The molecule has 3 rings (SSSR count). The Balaban J connectivity index is 1.91. The maximum atomic E-state index is 13.0. The summed E-state index contributed by atoms with van der Waals surface area (Å²) in [6, 6.07) is 26.2. The van der Waals surface area contributed by atoms with E-state index in [4.69, 9.17) is 4.74 Å². The summed E-state index contributed by atoms with van der Waals surface area (Å²) in [4.78, 5) is 13.0. The Morgan fingerprint density at radius 3 is 2.00 bits per heavy atom. The molecule has 0 spiro atoms. The first-order chi connectivity index (χ1) is 11.8. The molecule has 3 aromatic rings. The second-order valence-corrected chi connectivity index (χ2v) is 5.45. The fraction of sp³-hybridized carbons (Fsp3) is 0.0952. The molecule has 0 amide bonds. The number of ether oxygens (including phenoxy) is 1. The lowest BCUT2D eigenvalue weighted by Gasteiger charge is -2.19. The fourth-order valence-electron chi connectivity index (χ4n) is 2.57. The largest absolute Gasteiger partial charge is 0.497 e. The molecule has 0 fully saturated rings. The summed E-state index contributed by atoms with van der Waals surface area (Å²) in [5, 5.41) is 3.34. The van der Waals surface area contributed by atoms with Crippen LogP contribution in [0, 0.1) is 0 Å². The number of nitrogens with one attached hydrogen (secondary N) is 1. The first-order valence-corrected chi connectivity index (χ1v) is 7.83. The molecule has 0 saturated carbocycles. The highest BCUT2D eigenvalue weighted by Gasteiger charge is 2.21. The quantitative estimate of drug-likeness (QED) is 0.668. The molecule has 24 heavy (non-hydrogen) atoms. The van der Waals surface area contributed by atoms with E-state index in [1.165, 1.54) is 0 Å². The van der Waals surface area contributed by atoms with Crippen LogP contribution in [0.3, 0.4) is 0 Å². The van der Waals surface area contributed by atoms with Gasteiger partial charge in [0.15, 0.2) is 5.78 Å². The molecule has 1 unspecified atom stereocenters. The number of Topliss-reactive ketones (excluding diaryl/α,β-unsaturated/α-hetero) is 1. The van der Waals surface area contributed by atoms with Crippen molar-refractivity contribution >= 4 is 11.5 Å². The van der Waals surface area contributed by atoms with Crippen molar-refractivity contribution in [1.29, 1.82) is 0 Å². The van der Waals surface area contributed by atoms with E-state index in [-0.39, 0.29) is 5.78 Å². The minimum absolute atomic E-state index is 0.0395. The molecule has 3 nitrogen and oxygen atoms in total. The highest BCUT2D eigenvalue weighted by molar-refractivity contribution is 6.02. The zero-order chi connectivity index (χ0) is 16.8. The Hall–Kier alpha value is -3.07. The third-order valence-corrected chi connectivity index (χ3v) is 3.85. The molecule has 120 valence electrons. The van der Waals surface area contributed by atoms with Gasteiger partial charge in [0.05, 0.1) is 7.11 Å². The van der Waals surface area contributed by atoms with Crippen LogP contribution >= 0.6 is 0 Å². The lowest BCUT2D eigenvalue weighted by Crippen LogP contribution is -2.21. The lowest BCUT2D eigenvalue weighted by atomic mass is 9.97. The third kappa shape index (κ3) is 3.63. The molecule has 0 aliphatic carbocycles.